The summed E-state index contributed by atoms with van der Waals surface area (Å²) in [7, 11) is 0. The monoisotopic (exact) mass is 259 g/mol. The third-order valence-corrected chi connectivity index (χ3v) is 2.47. The van der Waals surface area contributed by atoms with Gasteiger partial charge in [0, 0.05) is 28.2 Å². The number of azide groups is 1. The summed E-state index contributed by atoms with van der Waals surface area (Å²) in [6.07, 6.45) is 7.23. The molecule has 0 saturated carbocycles. The van der Waals surface area contributed by atoms with Crippen LogP contribution in [-0.2, 0) is 0 Å². The minimum atomic E-state index is 0.332. The molecule has 0 radical (unpaired) electrons. The molecule has 0 aliphatic rings. The van der Waals surface area contributed by atoms with E-state index in [4.69, 9.17) is 17.1 Å². The summed E-state index contributed by atoms with van der Waals surface area (Å²) in [5.41, 5.74) is 9.97. The number of hydrogen-bond acceptors (Lipinski definition) is 2. The highest BCUT2D eigenvalue weighted by molar-refractivity contribution is 6.30. The van der Waals surface area contributed by atoms with Gasteiger partial charge in [-0.15, -0.1) is 0 Å². The van der Waals surface area contributed by atoms with Crippen LogP contribution in [0.3, 0.4) is 0 Å². The van der Waals surface area contributed by atoms with Crippen LogP contribution in [0.5, 0.6) is 0 Å². The highest BCUT2D eigenvalue weighted by atomic mass is 35.5. The van der Waals surface area contributed by atoms with Crippen molar-refractivity contribution in [3.8, 4) is 5.69 Å². The maximum atomic E-state index is 8.14. The second-order valence-corrected chi connectivity index (χ2v) is 3.95. The van der Waals surface area contributed by atoms with Crippen molar-refractivity contribution in [3.63, 3.8) is 0 Å². The average molecular weight is 260 g/mol. The van der Waals surface area contributed by atoms with Crippen molar-refractivity contribution in [3.05, 3.63) is 63.8 Å². The van der Waals surface area contributed by atoms with E-state index in [0.29, 0.717) is 11.6 Å². The van der Waals surface area contributed by atoms with Crippen LogP contribution in [0.25, 0.3) is 22.2 Å². The van der Waals surface area contributed by atoms with Gasteiger partial charge in [-0.1, -0.05) is 34.9 Å². The minimum Gasteiger partial charge on any atom is -0.240 e. The molecule has 0 N–H and O–H groups in total. The molecule has 0 spiro atoms. The summed E-state index contributed by atoms with van der Waals surface area (Å²) in [6, 6.07) is 7.44. The summed E-state index contributed by atoms with van der Waals surface area (Å²) in [4.78, 5) is 2.67. The number of halogens is 1. The molecular formula is C12H10ClN5. The zero-order valence-corrected chi connectivity index (χ0v) is 10.2. The summed E-state index contributed by atoms with van der Waals surface area (Å²) in [5, 5.41) is 8.31. The van der Waals surface area contributed by atoms with Crippen LogP contribution in [0, 0.1) is 0 Å². The lowest BCUT2D eigenvalue weighted by Crippen LogP contribution is -1.92. The van der Waals surface area contributed by atoms with Crippen molar-refractivity contribution in [2.24, 2.45) is 5.11 Å². The molecule has 90 valence electrons. The predicted molar refractivity (Wildman–Crippen MR) is 71.6 cm³/mol. The first kappa shape index (κ1) is 12.2. The van der Waals surface area contributed by atoms with Gasteiger partial charge in [0.1, 0.15) is 0 Å². The first-order valence-corrected chi connectivity index (χ1v) is 5.65. The molecule has 0 aliphatic heterocycles. The maximum Gasteiger partial charge on any atom is 0.0660 e. The molecule has 0 fully saturated rings. The van der Waals surface area contributed by atoms with E-state index in [0.717, 1.165) is 11.3 Å². The van der Waals surface area contributed by atoms with Gasteiger partial charge in [-0.25, -0.2) is 4.68 Å². The smallest absolute Gasteiger partial charge is 0.0660 e. The average Bonchev–Trinajstić information content (AvgIpc) is 2.83. The van der Waals surface area contributed by atoms with Crippen molar-refractivity contribution in [2.45, 2.75) is 0 Å². The van der Waals surface area contributed by atoms with Crippen LogP contribution in [0.2, 0.25) is 5.02 Å². The summed E-state index contributed by atoms with van der Waals surface area (Å²) < 4.78 is 1.74. The van der Waals surface area contributed by atoms with E-state index in [1.807, 2.05) is 36.5 Å². The van der Waals surface area contributed by atoms with E-state index >= 15 is 0 Å². The highest BCUT2D eigenvalue weighted by Crippen LogP contribution is 2.14. The largest absolute Gasteiger partial charge is 0.240 e. The molecule has 0 aliphatic carbocycles. The van der Waals surface area contributed by atoms with Gasteiger partial charge in [0.2, 0.25) is 0 Å². The van der Waals surface area contributed by atoms with Crippen molar-refractivity contribution in [2.75, 3.05) is 6.54 Å². The number of hydrogen-bond donors (Lipinski definition) is 0. The molecule has 0 bridgehead atoms. The van der Waals surface area contributed by atoms with Gasteiger partial charge in [-0.2, -0.15) is 5.10 Å². The Hall–Kier alpha value is -2.23. The van der Waals surface area contributed by atoms with Crippen molar-refractivity contribution in [1.29, 1.82) is 0 Å². The van der Waals surface area contributed by atoms with Gasteiger partial charge >= 0.3 is 0 Å². The van der Waals surface area contributed by atoms with E-state index in [2.05, 4.69) is 15.1 Å². The SMILES string of the molecule is [N-]=[N+]=NCC=Cc1cnn(-c2cccc(Cl)c2)c1. The third kappa shape index (κ3) is 3.13. The van der Waals surface area contributed by atoms with E-state index < -0.39 is 0 Å². The molecule has 1 aromatic carbocycles. The van der Waals surface area contributed by atoms with E-state index in [1.165, 1.54) is 0 Å². The van der Waals surface area contributed by atoms with Crippen molar-refractivity contribution in [1.82, 2.24) is 9.78 Å². The van der Waals surface area contributed by atoms with Crippen LogP contribution in [0.4, 0.5) is 0 Å². The molecule has 0 unspecified atom stereocenters. The van der Waals surface area contributed by atoms with Crippen LogP contribution in [0.15, 0.2) is 47.8 Å². The van der Waals surface area contributed by atoms with Crippen LogP contribution < -0.4 is 0 Å². The first-order valence-electron chi connectivity index (χ1n) is 5.27. The van der Waals surface area contributed by atoms with Crippen LogP contribution in [-0.4, -0.2) is 16.3 Å². The Balaban J connectivity index is 2.15. The molecular weight excluding hydrogens is 250 g/mol. The fraction of sp³-hybridized carbons (Fsp3) is 0.0833. The third-order valence-electron chi connectivity index (χ3n) is 2.24. The van der Waals surface area contributed by atoms with Gasteiger partial charge in [-0.3, -0.25) is 0 Å². The second-order valence-electron chi connectivity index (χ2n) is 3.51. The molecule has 0 amide bonds. The topological polar surface area (TPSA) is 66.6 Å². The predicted octanol–water partition coefficient (Wildman–Crippen LogP) is 3.85. The van der Waals surface area contributed by atoms with Gasteiger partial charge in [0.25, 0.3) is 0 Å². The number of aromatic nitrogens is 2. The molecule has 5 nitrogen and oxygen atoms in total. The van der Waals surface area contributed by atoms with Crippen LogP contribution in [0.1, 0.15) is 5.56 Å². The lowest BCUT2D eigenvalue weighted by Gasteiger charge is -2.00. The Labute approximate surface area is 109 Å². The zero-order chi connectivity index (χ0) is 12.8. The van der Waals surface area contributed by atoms with Crippen molar-refractivity contribution < 1.29 is 0 Å². The lowest BCUT2D eigenvalue weighted by atomic mass is 10.3. The highest BCUT2D eigenvalue weighted by Gasteiger charge is 1.99. The normalized spacial score (nSPS) is 10.5. The Morgan fingerprint density at radius 1 is 1.50 bits per heavy atom. The Morgan fingerprint density at radius 2 is 2.39 bits per heavy atom. The van der Waals surface area contributed by atoms with Crippen LogP contribution >= 0.6 is 11.6 Å². The molecule has 6 heteroatoms. The number of nitrogens with zero attached hydrogens (tertiary/aromatic N) is 5. The number of benzene rings is 1. The molecule has 1 heterocycles. The summed E-state index contributed by atoms with van der Waals surface area (Å²) in [6.45, 7) is 0.332. The Morgan fingerprint density at radius 3 is 3.17 bits per heavy atom. The molecule has 1 aromatic heterocycles. The fourth-order valence-electron chi connectivity index (χ4n) is 1.46. The van der Waals surface area contributed by atoms with E-state index in [-0.39, 0.29) is 0 Å². The Bertz CT molecular complexity index is 610. The summed E-state index contributed by atoms with van der Waals surface area (Å²) >= 11 is 5.92. The maximum absolute atomic E-state index is 8.14. The van der Waals surface area contributed by atoms with E-state index in [1.54, 1.807) is 17.0 Å². The van der Waals surface area contributed by atoms with Gasteiger partial charge < -0.3 is 0 Å². The zero-order valence-electron chi connectivity index (χ0n) is 9.44. The summed E-state index contributed by atoms with van der Waals surface area (Å²) in [5.74, 6) is 0. The second kappa shape index (κ2) is 5.91. The minimum absolute atomic E-state index is 0.332. The molecule has 0 atom stereocenters. The molecule has 2 rings (SSSR count). The number of rotatable bonds is 4. The molecule has 2 aromatic rings. The van der Waals surface area contributed by atoms with Gasteiger partial charge in [-0.05, 0) is 23.7 Å². The Kier molecular flexibility index (Phi) is 4.02. The van der Waals surface area contributed by atoms with Gasteiger partial charge in [0.05, 0.1) is 11.9 Å². The standard InChI is InChI=1S/C12H10ClN5/c13-11-4-1-5-12(7-11)18-9-10(8-16-18)3-2-6-15-17-14/h1-5,7-9H,6H2. The lowest BCUT2D eigenvalue weighted by molar-refractivity contribution is 0.880. The molecule has 0 saturated heterocycles. The first-order chi connectivity index (χ1) is 8.79. The van der Waals surface area contributed by atoms with E-state index in [9.17, 15) is 0 Å². The van der Waals surface area contributed by atoms with Crippen molar-refractivity contribution >= 4 is 17.7 Å². The van der Waals surface area contributed by atoms with Gasteiger partial charge in [0.15, 0.2) is 0 Å². The quantitative estimate of drug-likeness (QED) is 0.467. The fourth-order valence-corrected chi connectivity index (χ4v) is 1.64. The molecule has 18 heavy (non-hydrogen) atoms.